The number of nitrogen functional groups attached to an aromatic ring is 1. The summed E-state index contributed by atoms with van der Waals surface area (Å²) in [5, 5.41) is 3.24. The van der Waals surface area contributed by atoms with Crippen LogP contribution in [-0.2, 0) is 6.18 Å². The molecule has 9 rings (SSSR count). The third kappa shape index (κ3) is 4.68. The molecule has 0 saturated carbocycles. The summed E-state index contributed by atoms with van der Waals surface area (Å²) in [7, 11) is 0. The normalized spacial score (nSPS) is 26.8. The number of piperidine rings is 2. The summed E-state index contributed by atoms with van der Waals surface area (Å²) < 4.78 is 96.2. The van der Waals surface area contributed by atoms with Crippen molar-refractivity contribution < 1.29 is 31.1 Å². The number of hydrogen-bond donors (Lipinski definition) is 2. The van der Waals surface area contributed by atoms with Crippen LogP contribution in [0.1, 0.15) is 37.7 Å². The zero-order valence-electron chi connectivity index (χ0n) is 23.9. The fourth-order valence-electron chi connectivity index (χ4n) is 7.77. The third-order valence-corrected chi connectivity index (χ3v) is 10.7. The number of rotatable bonds is 5. The molecule has 15 heteroatoms. The fourth-order valence-corrected chi connectivity index (χ4v) is 8.53. The topological polar surface area (TPSA) is 92.4 Å². The van der Waals surface area contributed by atoms with Gasteiger partial charge in [-0.1, -0.05) is 11.3 Å². The van der Waals surface area contributed by atoms with Gasteiger partial charge in [0.15, 0.2) is 10.9 Å². The molecule has 0 amide bonds. The van der Waals surface area contributed by atoms with Crippen molar-refractivity contribution in [1.82, 2.24) is 25.2 Å². The lowest BCUT2D eigenvalue weighted by molar-refractivity contribution is -0.137. The number of nitrogens with two attached hydrogens (primary N) is 1. The fraction of sp³-hybridized carbons (Fsp3) is 0.500. The first kappa shape index (κ1) is 29.0. The van der Waals surface area contributed by atoms with Gasteiger partial charge >= 0.3 is 12.2 Å². The van der Waals surface area contributed by atoms with Gasteiger partial charge in [0, 0.05) is 54.7 Å². The van der Waals surface area contributed by atoms with E-state index in [1.165, 1.54) is 0 Å². The van der Waals surface area contributed by atoms with E-state index in [0.717, 1.165) is 61.8 Å². The van der Waals surface area contributed by atoms with Crippen molar-refractivity contribution >= 4 is 43.4 Å². The number of nitrogens with zero attached hydrogens (tertiary/aromatic N) is 5. The predicted octanol–water partition coefficient (Wildman–Crippen LogP) is 5.68. The Labute approximate surface area is 257 Å². The highest BCUT2D eigenvalue weighted by atomic mass is 32.1. The summed E-state index contributed by atoms with van der Waals surface area (Å²) in [4.78, 5) is 17.0. The van der Waals surface area contributed by atoms with Gasteiger partial charge in [-0.05, 0) is 50.4 Å². The second-order valence-corrected chi connectivity index (χ2v) is 13.5. The number of halogens is 6. The Bertz CT molecular complexity index is 1830. The minimum absolute atomic E-state index is 0.0667. The lowest BCUT2D eigenvalue weighted by Gasteiger charge is -2.46. The van der Waals surface area contributed by atoms with Crippen LogP contribution in [0.25, 0.3) is 32.2 Å². The molecule has 4 atom stereocenters. The molecule has 0 radical (unpaired) electrons. The Morgan fingerprint density at radius 1 is 1.11 bits per heavy atom. The number of anilines is 2. The number of alkyl halides is 4. The molecular formula is C30H29F6N7OS. The van der Waals surface area contributed by atoms with E-state index < -0.39 is 40.6 Å². The van der Waals surface area contributed by atoms with Crippen molar-refractivity contribution in [2.75, 3.05) is 43.4 Å². The number of hydrogen-bond acceptors (Lipinski definition) is 9. The molecule has 5 aliphatic rings. The van der Waals surface area contributed by atoms with Crippen LogP contribution < -0.4 is 20.7 Å². The van der Waals surface area contributed by atoms with Gasteiger partial charge in [0.25, 0.3) is 0 Å². The second kappa shape index (κ2) is 10.3. The van der Waals surface area contributed by atoms with Crippen molar-refractivity contribution in [1.29, 1.82) is 0 Å². The molecule has 4 unspecified atom stereocenters. The van der Waals surface area contributed by atoms with E-state index in [1.807, 2.05) is 4.90 Å². The summed E-state index contributed by atoms with van der Waals surface area (Å²) in [5.74, 6) is -1.83. The minimum Gasteiger partial charge on any atom is -0.461 e. The smallest absolute Gasteiger partial charge is 0.417 e. The molecule has 7 heterocycles. The lowest BCUT2D eigenvalue weighted by atomic mass is 9.92. The highest BCUT2D eigenvalue weighted by molar-refractivity contribution is 7.22. The highest BCUT2D eigenvalue weighted by Gasteiger charge is 2.49. The summed E-state index contributed by atoms with van der Waals surface area (Å²) in [5.41, 5.74) is 2.40. The maximum absolute atomic E-state index is 16.8. The van der Waals surface area contributed by atoms with Crippen LogP contribution in [0.5, 0.6) is 6.01 Å². The molecule has 8 nitrogen and oxygen atoms in total. The number of ether oxygens (including phenoxy) is 1. The SMILES string of the molecule is Nc1nc2c(-c3c(C(F)(F)F)cc4c(N5CC6CCC5CN6)nc(OCC56CCCN5CC(F)C6)nc4c3F)ccc(F)c2s1. The van der Waals surface area contributed by atoms with Crippen molar-refractivity contribution in [3.8, 4) is 17.1 Å². The molecule has 2 bridgehead atoms. The molecule has 2 aromatic heterocycles. The van der Waals surface area contributed by atoms with Crippen molar-refractivity contribution in [3.63, 3.8) is 0 Å². The van der Waals surface area contributed by atoms with Crippen LogP contribution in [0.3, 0.4) is 0 Å². The molecule has 0 spiro atoms. The summed E-state index contributed by atoms with van der Waals surface area (Å²) >= 11 is 0.766. The van der Waals surface area contributed by atoms with Crippen molar-refractivity contribution in [3.05, 3.63) is 35.4 Å². The molecule has 5 fully saturated rings. The van der Waals surface area contributed by atoms with Crippen molar-refractivity contribution in [2.45, 2.75) is 62.1 Å². The summed E-state index contributed by atoms with van der Waals surface area (Å²) in [6.45, 7) is 2.19. The monoisotopic (exact) mass is 649 g/mol. The average molecular weight is 650 g/mol. The Balaban J connectivity index is 1.33. The maximum atomic E-state index is 16.8. The van der Waals surface area contributed by atoms with E-state index in [-0.39, 0.29) is 62.3 Å². The first-order chi connectivity index (χ1) is 21.5. The van der Waals surface area contributed by atoms with Gasteiger partial charge in [-0.3, -0.25) is 4.90 Å². The molecule has 238 valence electrons. The first-order valence-corrected chi connectivity index (χ1v) is 15.8. The zero-order valence-corrected chi connectivity index (χ0v) is 24.7. The van der Waals surface area contributed by atoms with Crippen LogP contribution in [0.15, 0.2) is 18.2 Å². The van der Waals surface area contributed by atoms with E-state index in [0.29, 0.717) is 26.1 Å². The van der Waals surface area contributed by atoms with Crippen LogP contribution in [-0.4, -0.2) is 76.4 Å². The van der Waals surface area contributed by atoms with Gasteiger partial charge < -0.3 is 20.7 Å². The quantitative estimate of drug-likeness (QED) is 0.267. The molecule has 4 aromatic rings. The van der Waals surface area contributed by atoms with E-state index in [2.05, 4.69) is 25.2 Å². The van der Waals surface area contributed by atoms with Gasteiger partial charge in [-0.2, -0.15) is 23.1 Å². The van der Waals surface area contributed by atoms with Gasteiger partial charge in [-0.25, -0.2) is 18.2 Å². The van der Waals surface area contributed by atoms with Gasteiger partial charge in [-0.15, -0.1) is 0 Å². The largest absolute Gasteiger partial charge is 0.461 e. The number of nitrogens with one attached hydrogen (secondary N) is 1. The predicted molar refractivity (Wildman–Crippen MR) is 158 cm³/mol. The average Bonchev–Trinajstić information content (AvgIpc) is 3.68. The van der Waals surface area contributed by atoms with E-state index >= 15 is 4.39 Å². The van der Waals surface area contributed by atoms with Crippen LogP contribution in [0.2, 0.25) is 0 Å². The van der Waals surface area contributed by atoms with E-state index in [1.54, 1.807) is 0 Å². The minimum atomic E-state index is -4.99. The maximum Gasteiger partial charge on any atom is 0.417 e. The molecule has 2 aromatic carbocycles. The van der Waals surface area contributed by atoms with Crippen LogP contribution in [0, 0.1) is 11.6 Å². The Morgan fingerprint density at radius 2 is 1.96 bits per heavy atom. The van der Waals surface area contributed by atoms with Crippen LogP contribution in [0.4, 0.5) is 37.3 Å². The zero-order chi connectivity index (χ0) is 31.2. The van der Waals surface area contributed by atoms with Gasteiger partial charge in [0.05, 0.1) is 21.3 Å². The number of piperazine rings is 1. The molecular weight excluding hydrogens is 620 g/mol. The lowest BCUT2D eigenvalue weighted by Crippen LogP contribution is -2.61. The second-order valence-electron chi connectivity index (χ2n) is 12.5. The Kier molecular flexibility index (Phi) is 6.63. The molecule has 3 N–H and O–H groups in total. The Hall–Kier alpha value is -3.43. The number of fused-ring (bicyclic) bond motifs is 6. The van der Waals surface area contributed by atoms with E-state index in [9.17, 15) is 22.0 Å². The molecule has 5 saturated heterocycles. The Morgan fingerprint density at radius 3 is 2.69 bits per heavy atom. The van der Waals surface area contributed by atoms with Crippen molar-refractivity contribution in [2.24, 2.45) is 0 Å². The molecule has 45 heavy (non-hydrogen) atoms. The standard InChI is InChI=1S/C30H29F6N7OS/c31-14-9-29(6-1-7-42(29)11-14)13-44-28-40-23-18(26(41-28)43-12-15-2-3-16(43)10-38-15)8-19(30(34,35)36)21(22(23)33)17-4-5-20(32)25-24(17)39-27(37)45-25/h4-5,8,14-16,38H,1-3,6-7,9-13H2,(H2,37,39). The molecule has 5 aliphatic heterocycles. The van der Waals surface area contributed by atoms with Crippen LogP contribution >= 0.6 is 11.3 Å². The van der Waals surface area contributed by atoms with Gasteiger partial charge in [0.2, 0.25) is 0 Å². The molecule has 0 aliphatic carbocycles. The third-order valence-electron chi connectivity index (χ3n) is 9.83. The number of benzene rings is 2. The highest BCUT2D eigenvalue weighted by Crippen LogP contribution is 2.47. The summed E-state index contributed by atoms with van der Waals surface area (Å²) in [6, 6.07) is 2.76. The summed E-state index contributed by atoms with van der Waals surface area (Å²) in [6.07, 6.45) is -2.39. The van der Waals surface area contributed by atoms with Gasteiger partial charge in [0.1, 0.15) is 29.9 Å². The number of thiazole rings is 1. The number of aromatic nitrogens is 3. The van der Waals surface area contributed by atoms with E-state index in [4.69, 9.17) is 10.5 Å². The first-order valence-electron chi connectivity index (χ1n) is 15.0.